The molecule has 2 aliphatic heterocycles. The number of piperazine rings is 1. The molecule has 1 aromatic rings. The van der Waals surface area contributed by atoms with Crippen LogP contribution in [0.1, 0.15) is 51.9 Å². The molecule has 1 atom stereocenters. The molecule has 0 saturated carbocycles. The number of nitrogens with zero attached hydrogens (tertiary/aromatic N) is 3. The fourth-order valence-electron chi connectivity index (χ4n) is 4.72. The van der Waals surface area contributed by atoms with E-state index in [-0.39, 0.29) is 17.7 Å². The molecule has 1 aromatic heterocycles. The average molecular weight is 448 g/mol. The highest BCUT2D eigenvalue weighted by molar-refractivity contribution is 6.00. The number of methoxy groups -OCH3 is 1. The topological polar surface area (TPSA) is 98.0 Å². The molecular weight excluding hydrogens is 410 g/mol. The maximum absolute atomic E-state index is 13.1. The summed E-state index contributed by atoms with van der Waals surface area (Å²) in [5.74, 6) is -0.820. The molecule has 0 aromatic carbocycles. The molecule has 0 bridgehead atoms. The first-order valence-electron chi connectivity index (χ1n) is 11.6. The summed E-state index contributed by atoms with van der Waals surface area (Å²) in [6.45, 7) is 13.5. The van der Waals surface area contributed by atoms with Crippen molar-refractivity contribution < 1.29 is 19.1 Å². The Morgan fingerprint density at radius 1 is 1.09 bits per heavy atom. The first-order chi connectivity index (χ1) is 15.3. The molecule has 0 unspecified atom stereocenters. The summed E-state index contributed by atoms with van der Waals surface area (Å²) < 4.78 is 4.83. The van der Waals surface area contributed by atoms with Crippen molar-refractivity contribution in [3.63, 3.8) is 0 Å². The van der Waals surface area contributed by atoms with Crippen LogP contribution in [0.25, 0.3) is 0 Å². The van der Waals surface area contributed by atoms with Crippen LogP contribution in [0.2, 0.25) is 0 Å². The van der Waals surface area contributed by atoms with E-state index in [4.69, 9.17) is 4.74 Å². The molecule has 2 saturated heterocycles. The zero-order chi connectivity index (χ0) is 23.3. The standard InChI is InChI=1S/C23H37N5O4/c1-5-26-11-13-27(14-12-26)10-8-24-21(29)18-7-6-9-28(15-18)22(30)20-16(2)19(17(3)25-20)23(31)32-4/h18,25H,5-15H2,1-4H3,(H,24,29)/t18-/m0/s1. The number of hydrogen-bond acceptors (Lipinski definition) is 6. The van der Waals surface area contributed by atoms with Gasteiger partial charge in [0.15, 0.2) is 0 Å². The summed E-state index contributed by atoms with van der Waals surface area (Å²) in [4.78, 5) is 47.5. The van der Waals surface area contributed by atoms with Crippen LogP contribution in [0.4, 0.5) is 0 Å². The summed E-state index contributed by atoms with van der Waals surface area (Å²) in [6.07, 6.45) is 1.56. The molecule has 3 heterocycles. The van der Waals surface area contributed by atoms with Gasteiger partial charge in [-0.25, -0.2) is 4.79 Å². The van der Waals surface area contributed by atoms with Gasteiger partial charge in [-0.3, -0.25) is 14.5 Å². The van der Waals surface area contributed by atoms with Gasteiger partial charge >= 0.3 is 5.97 Å². The third-order valence-corrected chi connectivity index (χ3v) is 6.76. The van der Waals surface area contributed by atoms with Crippen LogP contribution in [0.15, 0.2) is 0 Å². The molecule has 9 heteroatoms. The van der Waals surface area contributed by atoms with Gasteiger partial charge in [-0.15, -0.1) is 0 Å². The smallest absolute Gasteiger partial charge is 0.339 e. The van der Waals surface area contributed by atoms with Crippen LogP contribution in [-0.4, -0.2) is 103 Å². The third-order valence-electron chi connectivity index (χ3n) is 6.76. The molecular formula is C23H37N5O4. The quantitative estimate of drug-likeness (QED) is 0.606. The fraction of sp³-hybridized carbons (Fsp3) is 0.696. The maximum Gasteiger partial charge on any atom is 0.339 e. The summed E-state index contributed by atoms with van der Waals surface area (Å²) in [5, 5.41) is 3.07. The summed E-state index contributed by atoms with van der Waals surface area (Å²) >= 11 is 0. The van der Waals surface area contributed by atoms with Crippen molar-refractivity contribution in [3.8, 4) is 0 Å². The highest BCUT2D eigenvalue weighted by Gasteiger charge is 2.31. The van der Waals surface area contributed by atoms with Crippen LogP contribution in [0.5, 0.6) is 0 Å². The number of carbonyl (C=O) groups is 3. The van der Waals surface area contributed by atoms with Gasteiger partial charge in [0.2, 0.25) is 5.91 Å². The Bertz CT molecular complexity index is 829. The van der Waals surface area contributed by atoms with Crippen molar-refractivity contribution in [1.29, 1.82) is 0 Å². The molecule has 2 N–H and O–H groups in total. The number of aromatic nitrogens is 1. The molecule has 0 radical (unpaired) electrons. The van der Waals surface area contributed by atoms with E-state index < -0.39 is 5.97 Å². The van der Waals surface area contributed by atoms with Crippen LogP contribution >= 0.6 is 0 Å². The zero-order valence-electron chi connectivity index (χ0n) is 19.8. The normalized spacial score (nSPS) is 20.2. The molecule has 3 rings (SSSR count). The number of aryl methyl sites for hydroxylation is 1. The lowest BCUT2D eigenvalue weighted by Gasteiger charge is -2.34. The number of piperidine rings is 1. The fourth-order valence-corrected chi connectivity index (χ4v) is 4.72. The number of nitrogens with one attached hydrogen (secondary N) is 2. The zero-order valence-corrected chi connectivity index (χ0v) is 19.8. The van der Waals surface area contributed by atoms with Gasteiger partial charge in [-0.2, -0.15) is 0 Å². The number of rotatable bonds is 7. The van der Waals surface area contributed by atoms with Crippen molar-refractivity contribution in [3.05, 3.63) is 22.5 Å². The molecule has 9 nitrogen and oxygen atoms in total. The molecule has 0 aliphatic carbocycles. The lowest BCUT2D eigenvalue weighted by atomic mass is 9.96. The first-order valence-corrected chi connectivity index (χ1v) is 11.6. The third kappa shape index (κ3) is 5.50. The van der Waals surface area contributed by atoms with Crippen LogP contribution in [0.3, 0.4) is 0 Å². The molecule has 2 fully saturated rings. The molecule has 2 amide bonds. The number of H-pyrrole nitrogens is 1. The Hall–Kier alpha value is -2.39. The Labute approximate surface area is 190 Å². The van der Waals surface area contributed by atoms with Gasteiger partial charge in [0.25, 0.3) is 5.91 Å². The highest BCUT2D eigenvalue weighted by Crippen LogP contribution is 2.23. The van der Waals surface area contributed by atoms with Crippen molar-refractivity contribution in [2.45, 2.75) is 33.6 Å². The van der Waals surface area contributed by atoms with Gasteiger partial charge in [0, 0.05) is 58.1 Å². The molecule has 178 valence electrons. The Morgan fingerprint density at radius 2 is 1.78 bits per heavy atom. The van der Waals surface area contributed by atoms with Crippen molar-refractivity contribution >= 4 is 17.8 Å². The van der Waals surface area contributed by atoms with Crippen LogP contribution in [0, 0.1) is 19.8 Å². The average Bonchev–Trinajstić information content (AvgIpc) is 3.12. The number of esters is 1. The van der Waals surface area contributed by atoms with Gasteiger partial charge in [-0.1, -0.05) is 6.92 Å². The van der Waals surface area contributed by atoms with E-state index >= 15 is 0 Å². The number of ether oxygens (including phenoxy) is 1. The van der Waals surface area contributed by atoms with Crippen molar-refractivity contribution in [1.82, 2.24) is 25.0 Å². The number of aromatic amines is 1. The second-order valence-electron chi connectivity index (χ2n) is 8.77. The van der Waals surface area contributed by atoms with E-state index in [0.29, 0.717) is 42.1 Å². The van der Waals surface area contributed by atoms with Gasteiger partial charge in [0.05, 0.1) is 18.6 Å². The van der Waals surface area contributed by atoms with E-state index in [9.17, 15) is 14.4 Å². The predicted octanol–water partition coefficient (Wildman–Crippen LogP) is 1.02. The summed E-state index contributed by atoms with van der Waals surface area (Å²) in [5.41, 5.74) is 2.01. The maximum atomic E-state index is 13.1. The van der Waals surface area contributed by atoms with Gasteiger partial charge < -0.3 is 24.8 Å². The summed E-state index contributed by atoms with van der Waals surface area (Å²) in [7, 11) is 1.33. The van der Waals surface area contributed by atoms with Crippen LogP contribution < -0.4 is 5.32 Å². The second kappa shape index (κ2) is 11.0. The Morgan fingerprint density at radius 3 is 2.44 bits per heavy atom. The van der Waals surface area contributed by atoms with E-state index in [0.717, 1.165) is 52.1 Å². The summed E-state index contributed by atoms with van der Waals surface area (Å²) in [6, 6.07) is 0. The van der Waals surface area contributed by atoms with Gasteiger partial charge in [0.1, 0.15) is 5.69 Å². The monoisotopic (exact) mass is 447 g/mol. The number of likely N-dealkylation sites (N-methyl/N-ethyl adjacent to an activating group) is 1. The van der Waals surface area contributed by atoms with Crippen molar-refractivity contribution in [2.24, 2.45) is 5.92 Å². The van der Waals surface area contributed by atoms with Crippen LogP contribution in [-0.2, 0) is 9.53 Å². The predicted molar refractivity (Wildman–Crippen MR) is 122 cm³/mol. The van der Waals surface area contributed by atoms with E-state index in [1.807, 2.05) is 0 Å². The number of amides is 2. The first kappa shape index (κ1) is 24.3. The minimum atomic E-state index is -0.456. The van der Waals surface area contributed by atoms with E-state index in [1.165, 1.54) is 7.11 Å². The lowest BCUT2D eigenvalue weighted by molar-refractivity contribution is -0.126. The highest BCUT2D eigenvalue weighted by atomic mass is 16.5. The number of likely N-dealkylation sites (tertiary alicyclic amines) is 1. The minimum absolute atomic E-state index is 0.0179. The Balaban J connectivity index is 1.52. The van der Waals surface area contributed by atoms with Gasteiger partial charge in [-0.05, 0) is 38.8 Å². The lowest BCUT2D eigenvalue weighted by Crippen LogP contribution is -2.49. The van der Waals surface area contributed by atoms with Crippen molar-refractivity contribution in [2.75, 3.05) is 66.0 Å². The second-order valence-corrected chi connectivity index (χ2v) is 8.77. The molecule has 2 aliphatic rings. The minimum Gasteiger partial charge on any atom is -0.465 e. The SMILES string of the molecule is CCN1CCN(CCNC(=O)[C@H]2CCCN(C(=O)c3[nH]c(C)c(C(=O)OC)c3C)C2)CC1. The molecule has 0 spiro atoms. The Kier molecular flexibility index (Phi) is 8.31. The molecule has 32 heavy (non-hydrogen) atoms. The van der Waals surface area contributed by atoms with E-state index in [1.54, 1.807) is 18.7 Å². The largest absolute Gasteiger partial charge is 0.465 e. The number of carbonyl (C=O) groups excluding carboxylic acids is 3. The van der Waals surface area contributed by atoms with E-state index in [2.05, 4.69) is 27.0 Å². The number of hydrogen-bond donors (Lipinski definition) is 2.